The molecule has 0 fully saturated rings. The highest BCUT2D eigenvalue weighted by molar-refractivity contribution is 5.80. The van der Waals surface area contributed by atoms with Crippen molar-refractivity contribution in [3.05, 3.63) is 24.3 Å². The Bertz CT molecular complexity index is 697. The van der Waals surface area contributed by atoms with Crippen LogP contribution in [0.3, 0.4) is 0 Å². The van der Waals surface area contributed by atoms with Crippen LogP contribution in [0.1, 0.15) is 194 Å². The number of allylic oxidation sites excluding steroid dienone is 4. The Morgan fingerprint density at radius 2 is 0.935 bits per heavy atom. The van der Waals surface area contributed by atoms with Crippen molar-refractivity contribution in [1.29, 1.82) is 0 Å². The number of rotatable bonds is 35. The van der Waals surface area contributed by atoms with Crippen LogP contribution in [0.25, 0.3) is 0 Å². The highest BCUT2D eigenvalue weighted by Gasteiger charge is 2.28. The van der Waals surface area contributed by atoms with E-state index in [1.54, 1.807) is 0 Å². The molecule has 1 amide bonds. The van der Waals surface area contributed by atoms with Gasteiger partial charge in [-0.2, -0.15) is 0 Å². The number of aliphatic hydroxyl groups excluding tert-OH is 4. The zero-order chi connectivity index (χ0) is 33.9. The van der Waals surface area contributed by atoms with Gasteiger partial charge in [0.25, 0.3) is 0 Å². The van der Waals surface area contributed by atoms with Crippen LogP contribution in [-0.2, 0) is 4.79 Å². The summed E-state index contributed by atoms with van der Waals surface area (Å²) < 4.78 is 0. The molecule has 46 heavy (non-hydrogen) atoms. The Morgan fingerprint density at radius 3 is 1.39 bits per heavy atom. The minimum atomic E-state index is -1.25. The second kappa shape index (κ2) is 35.1. The number of nitrogens with one attached hydrogen (secondary N) is 1. The zero-order valence-corrected chi connectivity index (χ0v) is 30.3. The summed E-state index contributed by atoms with van der Waals surface area (Å²) >= 11 is 0. The molecular formula is C40H77NO5. The maximum absolute atomic E-state index is 12.3. The van der Waals surface area contributed by atoms with E-state index in [9.17, 15) is 25.2 Å². The Morgan fingerprint density at radius 1 is 0.543 bits per heavy atom. The Hall–Kier alpha value is -1.21. The van der Waals surface area contributed by atoms with Gasteiger partial charge in [0.15, 0.2) is 0 Å². The fraction of sp³-hybridized carbons (Fsp3) is 0.875. The lowest BCUT2D eigenvalue weighted by atomic mass is 9.99. The number of amides is 1. The molecule has 0 bridgehead atoms. The molecule has 4 unspecified atom stereocenters. The molecule has 0 aliphatic heterocycles. The van der Waals surface area contributed by atoms with E-state index in [0.29, 0.717) is 12.8 Å². The number of carbonyl (C=O) groups excluding carboxylic acids is 1. The van der Waals surface area contributed by atoms with E-state index in [1.807, 2.05) is 0 Å². The van der Waals surface area contributed by atoms with Crippen molar-refractivity contribution in [2.75, 3.05) is 6.61 Å². The molecule has 0 aliphatic rings. The van der Waals surface area contributed by atoms with E-state index in [4.69, 9.17) is 0 Å². The first-order chi connectivity index (χ1) is 22.5. The van der Waals surface area contributed by atoms with Crippen molar-refractivity contribution in [3.8, 4) is 0 Å². The van der Waals surface area contributed by atoms with Crippen molar-refractivity contribution >= 4 is 5.91 Å². The number of unbranched alkanes of at least 4 members (excludes halogenated alkanes) is 22. The summed E-state index contributed by atoms with van der Waals surface area (Å²) in [4.78, 5) is 12.3. The second-order valence-corrected chi connectivity index (χ2v) is 13.6. The van der Waals surface area contributed by atoms with Gasteiger partial charge in [-0.25, -0.2) is 0 Å². The molecule has 6 nitrogen and oxygen atoms in total. The fourth-order valence-electron chi connectivity index (χ4n) is 5.96. The number of hydrogen-bond acceptors (Lipinski definition) is 5. The quantitative estimate of drug-likeness (QED) is 0.0346. The van der Waals surface area contributed by atoms with Crippen molar-refractivity contribution in [2.24, 2.45) is 0 Å². The lowest BCUT2D eigenvalue weighted by Gasteiger charge is -2.27. The Labute approximate surface area is 284 Å². The van der Waals surface area contributed by atoms with Crippen molar-refractivity contribution < 1.29 is 25.2 Å². The Balaban J connectivity index is 3.59. The molecular weight excluding hydrogens is 574 g/mol. The van der Waals surface area contributed by atoms with E-state index in [1.165, 1.54) is 116 Å². The normalized spacial score (nSPS) is 14.7. The summed E-state index contributed by atoms with van der Waals surface area (Å²) in [6, 6.07) is -0.980. The molecule has 0 heterocycles. The standard InChI is InChI=1S/C40H77NO5/c1-3-5-7-9-10-11-12-13-14-15-16-17-18-19-20-21-22-23-24-25-26-27-28-29-30-32-34-38(44)40(46)41-36(35-42)39(45)37(43)33-31-8-6-4-2/h16-17,19-20,36-39,42-45H,3-15,18,21-35H2,1-2H3,(H,41,46)/b17-16-,20-19-. The predicted molar refractivity (Wildman–Crippen MR) is 196 cm³/mol. The van der Waals surface area contributed by atoms with Gasteiger partial charge in [-0.15, -0.1) is 0 Å². The number of carbonyl (C=O) groups is 1. The monoisotopic (exact) mass is 652 g/mol. The van der Waals surface area contributed by atoms with Crippen LogP contribution >= 0.6 is 0 Å². The van der Waals surface area contributed by atoms with Gasteiger partial charge in [-0.1, -0.05) is 173 Å². The van der Waals surface area contributed by atoms with Gasteiger partial charge in [0.05, 0.1) is 18.8 Å². The summed E-state index contributed by atoms with van der Waals surface area (Å²) in [5, 5.41) is 42.9. The third-order valence-electron chi connectivity index (χ3n) is 9.17. The smallest absolute Gasteiger partial charge is 0.249 e. The molecule has 5 N–H and O–H groups in total. The molecule has 0 radical (unpaired) electrons. The van der Waals surface area contributed by atoms with Gasteiger partial charge in [0, 0.05) is 0 Å². The lowest BCUT2D eigenvalue weighted by molar-refractivity contribution is -0.132. The summed E-state index contributed by atoms with van der Waals surface area (Å²) in [5.74, 6) is -0.594. The van der Waals surface area contributed by atoms with Gasteiger partial charge in [0.1, 0.15) is 12.2 Å². The van der Waals surface area contributed by atoms with Crippen molar-refractivity contribution in [3.63, 3.8) is 0 Å². The van der Waals surface area contributed by atoms with Crippen LogP contribution in [0.15, 0.2) is 24.3 Å². The molecule has 0 rings (SSSR count). The van der Waals surface area contributed by atoms with E-state index in [2.05, 4.69) is 43.5 Å². The molecule has 0 saturated heterocycles. The minimum absolute atomic E-state index is 0.365. The van der Waals surface area contributed by atoms with E-state index in [-0.39, 0.29) is 0 Å². The third-order valence-corrected chi connectivity index (χ3v) is 9.17. The van der Waals surface area contributed by atoms with Gasteiger partial charge >= 0.3 is 0 Å². The van der Waals surface area contributed by atoms with Crippen LogP contribution < -0.4 is 5.32 Å². The second-order valence-electron chi connectivity index (χ2n) is 13.6. The molecule has 0 aromatic carbocycles. The topological polar surface area (TPSA) is 110 Å². The summed E-state index contributed by atoms with van der Waals surface area (Å²) in [7, 11) is 0. The molecule has 4 atom stereocenters. The highest BCUT2D eigenvalue weighted by atomic mass is 16.3. The van der Waals surface area contributed by atoms with Crippen LogP contribution in [0.5, 0.6) is 0 Å². The van der Waals surface area contributed by atoms with Crippen LogP contribution in [0.2, 0.25) is 0 Å². The first-order valence-corrected chi connectivity index (χ1v) is 19.7. The molecule has 6 heteroatoms. The van der Waals surface area contributed by atoms with Crippen LogP contribution in [0.4, 0.5) is 0 Å². The maximum atomic E-state index is 12.3. The fourth-order valence-corrected chi connectivity index (χ4v) is 5.96. The van der Waals surface area contributed by atoms with E-state index < -0.39 is 36.9 Å². The van der Waals surface area contributed by atoms with E-state index in [0.717, 1.165) is 51.4 Å². The zero-order valence-electron chi connectivity index (χ0n) is 30.3. The molecule has 0 aromatic rings. The maximum Gasteiger partial charge on any atom is 0.249 e. The molecule has 0 aliphatic carbocycles. The SMILES string of the molecule is CCCCCCCCCCC/C=C\C/C=C\CCCCCCCCCCCCC(O)C(=O)NC(CO)C(O)C(O)CCCCCC. The number of hydrogen-bond donors (Lipinski definition) is 5. The molecule has 272 valence electrons. The first-order valence-electron chi connectivity index (χ1n) is 19.7. The minimum Gasteiger partial charge on any atom is -0.394 e. The average molecular weight is 652 g/mol. The average Bonchev–Trinajstić information content (AvgIpc) is 3.06. The summed E-state index contributed by atoms with van der Waals surface area (Å²) in [6.45, 7) is 3.90. The first kappa shape index (κ1) is 44.8. The number of aliphatic hydroxyl groups is 4. The lowest BCUT2D eigenvalue weighted by Crippen LogP contribution is -2.53. The molecule has 0 spiro atoms. The van der Waals surface area contributed by atoms with Gasteiger partial charge < -0.3 is 25.7 Å². The molecule has 0 aromatic heterocycles. The summed E-state index contributed by atoms with van der Waals surface area (Å²) in [5.41, 5.74) is 0. The van der Waals surface area contributed by atoms with Crippen molar-refractivity contribution in [2.45, 2.75) is 218 Å². The van der Waals surface area contributed by atoms with Gasteiger partial charge in [-0.3, -0.25) is 4.79 Å². The summed E-state index contributed by atoms with van der Waals surface area (Å²) in [6.07, 6.45) is 38.5. The van der Waals surface area contributed by atoms with Crippen LogP contribution in [-0.4, -0.2) is 57.3 Å². The highest BCUT2D eigenvalue weighted by Crippen LogP contribution is 2.15. The van der Waals surface area contributed by atoms with Crippen molar-refractivity contribution in [1.82, 2.24) is 5.32 Å². The van der Waals surface area contributed by atoms with Gasteiger partial charge in [-0.05, 0) is 44.9 Å². The largest absolute Gasteiger partial charge is 0.394 e. The Kier molecular flexibility index (Phi) is 34.2. The predicted octanol–water partition coefficient (Wildman–Crippen LogP) is 9.62. The van der Waals surface area contributed by atoms with E-state index >= 15 is 0 Å². The molecule has 0 saturated carbocycles. The van der Waals surface area contributed by atoms with Gasteiger partial charge in [0.2, 0.25) is 5.91 Å². The van der Waals surface area contributed by atoms with Crippen LogP contribution in [0, 0.1) is 0 Å². The third kappa shape index (κ3) is 29.0.